The Morgan fingerprint density at radius 1 is 0.578 bits per heavy atom. The van der Waals surface area contributed by atoms with Gasteiger partial charge in [-0.1, -0.05) is 60.2 Å². The number of nitrogens with zero attached hydrogens (tertiary/aromatic N) is 4. The molecule has 6 heteroatoms. The van der Waals surface area contributed by atoms with E-state index in [1.807, 2.05) is 81.7 Å². The Morgan fingerprint density at radius 3 is 1.69 bits per heavy atom. The molecule has 0 radical (unpaired) electrons. The standard InChI is InChI=1S/C39H28N4O2/c1-23-17-24(2)37(25(3)18-23)43-38(44)32-9-4-10-33(36(32)39(43)45)42-34-19-26(28-7-5-15-40-21-28)11-13-30(34)31-14-12-27(20-35(31)42)29-8-6-16-41-22-29/h4-22H,1-3H3. The minimum atomic E-state index is -0.317. The number of amides is 2. The van der Waals surface area contributed by atoms with Crippen LogP contribution in [0.25, 0.3) is 49.7 Å². The fraction of sp³-hybridized carbons (Fsp3) is 0.0769. The molecule has 3 aromatic heterocycles. The molecular weight excluding hydrogens is 556 g/mol. The van der Waals surface area contributed by atoms with Crippen molar-refractivity contribution in [3.8, 4) is 27.9 Å². The number of benzene rings is 4. The Bertz CT molecular complexity index is 2220. The molecule has 216 valence electrons. The summed E-state index contributed by atoms with van der Waals surface area (Å²) in [6.07, 6.45) is 7.22. The molecular formula is C39H28N4O2. The first-order chi connectivity index (χ1) is 21.9. The highest BCUT2D eigenvalue weighted by Crippen LogP contribution is 2.41. The zero-order valence-corrected chi connectivity index (χ0v) is 25.1. The monoisotopic (exact) mass is 584 g/mol. The lowest BCUT2D eigenvalue weighted by Gasteiger charge is -2.20. The molecule has 4 heterocycles. The summed E-state index contributed by atoms with van der Waals surface area (Å²) in [6.45, 7) is 5.92. The normalized spacial score (nSPS) is 12.8. The molecule has 0 fully saturated rings. The van der Waals surface area contributed by atoms with Crippen molar-refractivity contribution in [3.05, 3.63) is 144 Å². The Balaban J connectivity index is 1.42. The zero-order valence-electron chi connectivity index (χ0n) is 25.1. The van der Waals surface area contributed by atoms with E-state index < -0.39 is 0 Å². The van der Waals surface area contributed by atoms with E-state index in [2.05, 4.69) is 50.9 Å². The van der Waals surface area contributed by atoms with Gasteiger partial charge in [0.1, 0.15) is 0 Å². The van der Waals surface area contributed by atoms with Crippen LogP contribution >= 0.6 is 0 Å². The second-order valence-electron chi connectivity index (χ2n) is 11.7. The summed E-state index contributed by atoms with van der Waals surface area (Å²) in [5.41, 5.74) is 10.9. The van der Waals surface area contributed by atoms with Crippen LogP contribution in [0.3, 0.4) is 0 Å². The highest BCUT2D eigenvalue weighted by Gasteiger charge is 2.40. The van der Waals surface area contributed by atoms with Gasteiger partial charge in [-0.25, -0.2) is 4.90 Å². The van der Waals surface area contributed by atoms with E-state index >= 15 is 0 Å². The first-order valence-electron chi connectivity index (χ1n) is 14.9. The average molecular weight is 585 g/mol. The van der Waals surface area contributed by atoms with Gasteiger partial charge in [-0.3, -0.25) is 19.6 Å². The predicted molar refractivity (Wildman–Crippen MR) is 179 cm³/mol. The van der Waals surface area contributed by atoms with Crippen molar-refractivity contribution in [3.63, 3.8) is 0 Å². The molecule has 45 heavy (non-hydrogen) atoms. The van der Waals surface area contributed by atoms with Gasteiger partial charge in [-0.2, -0.15) is 0 Å². The summed E-state index contributed by atoms with van der Waals surface area (Å²) in [5, 5.41) is 2.10. The van der Waals surface area contributed by atoms with E-state index in [1.54, 1.807) is 18.5 Å². The quantitative estimate of drug-likeness (QED) is 0.194. The second kappa shape index (κ2) is 10.1. The third-order valence-corrected chi connectivity index (χ3v) is 8.75. The molecule has 0 saturated carbocycles. The van der Waals surface area contributed by atoms with Gasteiger partial charge in [0.2, 0.25) is 0 Å². The van der Waals surface area contributed by atoms with E-state index in [1.165, 1.54) is 4.90 Å². The molecule has 0 unspecified atom stereocenters. The number of aromatic nitrogens is 3. The van der Waals surface area contributed by atoms with Crippen molar-refractivity contribution in [1.29, 1.82) is 0 Å². The van der Waals surface area contributed by atoms with E-state index in [-0.39, 0.29) is 11.8 Å². The van der Waals surface area contributed by atoms with Crippen molar-refractivity contribution in [2.75, 3.05) is 4.90 Å². The van der Waals surface area contributed by atoms with E-state index in [0.29, 0.717) is 22.5 Å². The van der Waals surface area contributed by atoms with Gasteiger partial charge in [-0.15, -0.1) is 0 Å². The summed E-state index contributed by atoms with van der Waals surface area (Å²) < 4.78 is 2.13. The van der Waals surface area contributed by atoms with E-state index in [9.17, 15) is 9.59 Å². The van der Waals surface area contributed by atoms with Crippen molar-refractivity contribution in [1.82, 2.24) is 14.5 Å². The van der Waals surface area contributed by atoms with Crippen LogP contribution in [0.4, 0.5) is 5.69 Å². The number of imide groups is 1. The molecule has 1 aliphatic rings. The average Bonchev–Trinajstić information content (AvgIpc) is 3.51. The number of pyridine rings is 2. The topological polar surface area (TPSA) is 68.1 Å². The molecule has 0 aliphatic carbocycles. The second-order valence-corrected chi connectivity index (χ2v) is 11.7. The van der Waals surface area contributed by atoms with Crippen molar-refractivity contribution >= 4 is 39.3 Å². The smallest absolute Gasteiger partial charge is 0.268 e. The summed E-state index contributed by atoms with van der Waals surface area (Å²) >= 11 is 0. The fourth-order valence-corrected chi connectivity index (χ4v) is 6.89. The molecule has 6 nitrogen and oxygen atoms in total. The van der Waals surface area contributed by atoms with Crippen LogP contribution in [0, 0.1) is 20.8 Å². The highest BCUT2D eigenvalue weighted by molar-refractivity contribution is 6.36. The lowest BCUT2D eigenvalue weighted by atomic mass is 10.0. The van der Waals surface area contributed by atoms with E-state index in [4.69, 9.17) is 0 Å². The van der Waals surface area contributed by atoms with Gasteiger partial charge >= 0.3 is 0 Å². The largest absolute Gasteiger partial charge is 0.308 e. The van der Waals surface area contributed by atoms with Crippen molar-refractivity contribution in [2.45, 2.75) is 20.8 Å². The number of hydrogen-bond donors (Lipinski definition) is 0. The Hall–Kier alpha value is -5.88. The van der Waals surface area contributed by atoms with E-state index in [0.717, 1.165) is 60.8 Å². The third-order valence-electron chi connectivity index (χ3n) is 8.75. The van der Waals surface area contributed by atoms with Gasteiger partial charge < -0.3 is 4.57 Å². The first-order valence-corrected chi connectivity index (χ1v) is 14.9. The molecule has 0 spiro atoms. The van der Waals surface area contributed by atoms with Crippen molar-refractivity contribution in [2.24, 2.45) is 0 Å². The molecule has 8 rings (SSSR count). The summed E-state index contributed by atoms with van der Waals surface area (Å²) in [5.74, 6) is -0.623. The zero-order chi connectivity index (χ0) is 30.8. The number of rotatable bonds is 4. The van der Waals surface area contributed by atoms with Gasteiger partial charge in [0.05, 0.1) is 33.5 Å². The van der Waals surface area contributed by atoms with Gasteiger partial charge in [-0.05, 0) is 79.4 Å². The molecule has 0 bridgehead atoms. The van der Waals surface area contributed by atoms with Crippen LogP contribution in [-0.2, 0) is 0 Å². The number of hydrogen-bond acceptors (Lipinski definition) is 4. The van der Waals surface area contributed by atoms with Crippen LogP contribution in [0.5, 0.6) is 0 Å². The Kier molecular flexibility index (Phi) is 6.00. The molecule has 0 N–H and O–H groups in total. The van der Waals surface area contributed by atoms with Crippen molar-refractivity contribution < 1.29 is 9.59 Å². The lowest BCUT2D eigenvalue weighted by molar-refractivity contribution is 0.0925. The highest BCUT2D eigenvalue weighted by atomic mass is 16.2. The van der Waals surface area contributed by atoms with Gasteiger partial charge in [0.25, 0.3) is 11.8 Å². The lowest BCUT2D eigenvalue weighted by Crippen LogP contribution is -2.31. The SMILES string of the molecule is Cc1cc(C)c(N2C(=O)c3cccc(-n4c5cc(-c6cccnc6)ccc5c5ccc(-c6cccnc6)cc54)c3C2=O)c(C)c1. The van der Waals surface area contributed by atoms with Crippen LogP contribution in [0.1, 0.15) is 37.4 Å². The molecule has 1 aliphatic heterocycles. The third kappa shape index (κ3) is 4.10. The van der Waals surface area contributed by atoms with Crippen LogP contribution in [-0.4, -0.2) is 26.3 Å². The Morgan fingerprint density at radius 2 is 1.16 bits per heavy atom. The minimum Gasteiger partial charge on any atom is -0.308 e. The maximum atomic E-state index is 14.4. The number of fused-ring (bicyclic) bond motifs is 4. The van der Waals surface area contributed by atoms with Crippen LogP contribution < -0.4 is 4.90 Å². The minimum absolute atomic E-state index is 0.306. The maximum absolute atomic E-state index is 14.4. The van der Waals surface area contributed by atoms with Crippen LogP contribution in [0.15, 0.2) is 116 Å². The molecule has 0 atom stereocenters. The van der Waals surface area contributed by atoms with Gasteiger partial charge in [0, 0.05) is 46.7 Å². The molecule has 2 amide bonds. The summed E-state index contributed by atoms with van der Waals surface area (Å²) in [4.78, 5) is 38.5. The Labute approximate surface area is 260 Å². The number of carbonyl (C=O) groups excluding carboxylic acids is 2. The summed E-state index contributed by atoms with van der Waals surface area (Å²) in [6, 6.07) is 30.3. The summed E-state index contributed by atoms with van der Waals surface area (Å²) in [7, 11) is 0. The first kappa shape index (κ1) is 26.7. The molecule has 0 saturated heterocycles. The number of aryl methyl sites for hydroxylation is 3. The fourth-order valence-electron chi connectivity index (χ4n) is 6.89. The van der Waals surface area contributed by atoms with Gasteiger partial charge in [0.15, 0.2) is 0 Å². The van der Waals surface area contributed by atoms with Crippen LogP contribution in [0.2, 0.25) is 0 Å². The molecule has 4 aromatic carbocycles. The maximum Gasteiger partial charge on any atom is 0.268 e. The number of anilines is 1. The number of carbonyl (C=O) groups is 2. The predicted octanol–water partition coefficient (Wildman–Crippen LogP) is 8.63. The molecule has 7 aromatic rings.